The van der Waals surface area contributed by atoms with Crippen molar-refractivity contribution in [2.24, 2.45) is 12.9 Å². The van der Waals surface area contributed by atoms with Gasteiger partial charge in [-0.15, -0.1) is 0 Å². The zero-order chi connectivity index (χ0) is 14.7. The minimum Gasteiger partial charge on any atom is -0.493 e. The van der Waals surface area contributed by atoms with Crippen molar-refractivity contribution >= 4 is 11.6 Å². The molecule has 108 valence electrons. The van der Waals surface area contributed by atoms with Crippen LogP contribution in [0.1, 0.15) is 17.4 Å². The molecule has 0 aliphatic carbocycles. The number of methoxy groups -OCH3 is 2. The van der Waals surface area contributed by atoms with Crippen LogP contribution in [0.4, 0.5) is 0 Å². The van der Waals surface area contributed by atoms with E-state index in [1.54, 1.807) is 26.5 Å². The summed E-state index contributed by atoms with van der Waals surface area (Å²) in [5.41, 5.74) is 3.58. The normalized spacial score (nSPS) is 12.2. The van der Waals surface area contributed by atoms with Gasteiger partial charge in [-0.2, -0.15) is 0 Å². The summed E-state index contributed by atoms with van der Waals surface area (Å²) >= 11 is 6.21. The van der Waals surface area contributed by atoms with Gasteiger partial charge in [0.25, 0.3) is 0 Å². The fraction of sp³-hybridized carbons (Fsp3) is 0.308. The van der Waals surface area contributed by atoms with Gasteiger partial charge in [0, 0.05) is 19.4 Å². The largest absolute Gasteiger partial charge is 0.493 e. The van der Waals surface area contributed by atoms with E-state index >= 15 is 0 Å². The minimum absolute atomic E-state index is 0.299. The van der Waals surface area contributed by atoms with E-state index in [9.17, 15) is 0 Å². The number of aromatic nitrogens is 2. The van der Waals surface area contributed by atoms with Gasteiger partial charge in [0.05, 0.1) is 19.2 Å². The van der Waals surface area contributed by atoms with E-state index in [2.05, 4.69) is 10.4 Å². The van der Waals surface area contributed by atoms with Crippen LogP contribution >= 0.6 is 11.6 Å². The molecule has 0 radical (unpaired) electrons. The number of nitrogens with two attached hydrogens (primary N) is 1. The Kier molecular flexibility index (Phi) is 4.49. The van der Waals surface area contributed by atoms with Crippen LogP contribution in [0, 0.1) is 0 Å². The molecule has 1 atom stereocenters. The summed E-state index contributed by atoms with van der Waals surface area (Å²) in [7, 11) is 5.00. The molecular weight excluding hydrogens is 280 g/mol. The third kappa shape index (κ3) is 2.58. The molecule has 1 heterocycles. The first kappa shape index (κ1) is 14.6. The summed E-state index contributed by atoms with van der Waals surface area (Å²) in [5, 5.41) is 0.455. The first-order chi connectivity index (χ1) is 9.62. The lowest BCUT2D eigenvalue weighted by Gasteiger charge is -2.19. The Bertz CT molecular complexity index is 600. The summed E-state index contributed by atoms with van der Waals surface area (Å²) in [5.74, 6) is 7.47. The molecule has 0 amide bonds. The first-order valence-corrected chi connectivity index (χ1v) is 6.35. The minimum atomic E-state index is -0.299. The first-order valence-electron chi connectivity index (χ1n) is 5.97. The van der Waals surface area contributed by atoms with Crippen LogP contribution in [0.15, 0.2) is 24.5 Å². The van der Waals surface area contributed by atoms with Gasteiger partial charge in [-0.1, -0.05) is 11.6 Å². The van der Waals surface area contributed by atoms with E-state index in [1.165, 1.54) is 0 Å². The molecule has 20 heavy (non-hydrogen) atoms. The number of hydrogen-bond acceptors (Lipinski definition) is 5. The summed E-state index contributed by atoms with van der Waals surface area (Å²) in [6, 6.07) is 3.30. The highest BCUT2D eigenvalue weighted by Gasteiger charge is 2.20. The molecule has 2 rings (SSSR count). The summed E-state index contributed by atoms with van der Waals surface area (Å²) < 4.78 is 12.4. The van der Waals surface area contributed by atoms with E-state index in [0.717, 1.165) is 11.4 Å². The lowest BCUT2D eigenvalue weighted by molar-refractivity contribution is 0.354. The van der Waals surface area contributed by atoms with E-state index in [4.69, 9.17) is 26.9 Å². The molecule has 0 bridgehead atoms. The van der Waals surface area contributed by atoms with Gasteiger partial charge in [0.2, 0.25) is 0 Å². The number of benzene rings is 1. The summed E-state index contributed by atoms with van der Waals surface area (Å²) in [4.78, 5) is 4.30. The van der Waals surface area contributed by atoms with Crippen LogP contribution in [-0.2, 0) is 7.05 Å². The maximum Gasteiger partial charge on any atom is 0.179 e. The Morgan fingerprint density at radius 3 is 2.60 bits per heavy atom. The van der Waals surface area contributed by atoms with Gasteiger partial charge < -0.3 is 14.0 Å². The van der Waals surface area contributed by atoms with Gasteiger partial charge in [0.15, 0.2) is 11.5 Å². The van der Waals surface area contributed by atoms with Crippen LogP contribution in [0.3, 0.4) is 0 Å². The number of hydrazine groups is 1. The molecule has 0 aliphatic rings. The van der Waals surface area contributed by atoms with Crippen LogP contribution in [0.25, 0.3) is 0 Å². The Hall–Kier alpha value is -1.76. The van der Waals surface area contributed by atoms with Crippen molar-refractivity contribution in [1.82, 2.24) is 15.0 Å². The molecule has 0 saturated heterocycles. The zero-order valence-electron chi connectivity index (χ0n) is 11.6. The Morgan fingerprint density at radius 2 is 2.10 bits per heavy atom. The standard InChI is InChI=1S/C13H17ClN4O2/c1-18-5-4-16-13(18)11(17-15)8-6-9(14)12(20-3)10(7-8)19-2/h4-7,11,17H,15H2,1-3H3. The van der Waals surface area contributed by atoms with Gasteiger partial charge in [-0.3, -0.25) is 5.84 Å². The van der Waals surface area contributed by atoms with Crippen molar-refractivity contribution < 1.29 is 9.47 Å². The highest BCUT2D eigenvalue weighted by molar-refractivity contribution is 6.32. The van der Waals surface area contributed by atoms with E-state index in [0.29, 0.717) is 16.5 Å². The van der Waals surface area contributed by atoms with Crippen molar-refractivity contribution in [3.8, 4) is 11.5 Å². The highest BCUT2D eigenvalue weighted by Crippen LogP contribution is 2.38. The van der Waals surface area contributed by atoms with Crippen LogP contribution in [-0.4, -0.2) is 23.8 Å². The van der Waals surface area contributed by atoms with E-state index in [1.807, 2.05) is 23.9 Å². The van der Waals surface area contributed by atoms with Crippen LogP contribution in [0.2, 0.25) is 5.02 Å². The average molecular weight is 297 g/mol. The maximum absolute atomic E-state index is 6.21. The topological polar surface area (TPSA) is 74.3 Å². The van der Waals surface area contributed by atoms with Crippen molar-refractivity contribution in [1.29, 1.82) is 0 Å². The second kappa shape index (κ2) is 6.13. The zero-order valence-corrected chi connectivity index (χ0v) is 12.3. The fourth-order valence-electron chi connectivity index (χ4n) is 2.08. The summed E-state index contributed by atoms with van der Waals surface area (Å²) in [6.45, 7) is 0. The Balaban J connectivity index is 2.51. The molecular formula is C13H17ClN4O2. The lowest BCUT2D eigenvalue weighted by Crippen LogP contribution is -2.30. The third-order valence-corrected chi connectivity index (χ3v) is 3.35. The van der Waals surface area contributed by atoms with Crippen molar-refractivity contribution in [3.63, 3.8) is 0 Å². The molecule has 0 aliphatic heterocycles. The van der Waals surface area contributed by atoms with Gasteiger partial charge >= 0.3 is 0 Å². The number of nitrogens with zero attached hydrogens (tertiary/aromatic N) is 2. The van der Waals surface area contributed by atoms with Gasteiger partial charge in [-0.05, 0) is 17.7 Å². The smallest absolute Gasteiger partial charge is 0.179 e. The van der Waals surface area contributed by atoms with E-state index in [-0.39, 0.29) is 6.04 Å². The maximum atomic E-state index is 6.21. The lowest BCUT2D eigenvalue weighted by atomic mass is 10.1. The molecule has 1 aromatic carbocycles. The molecule has 0 spiro atoms. The molecule has 0 fully saturated rings. The van der Waals surface area contributed by atoms with Gasteiger partial charge in [0.1, 0.15) is 11.9 Å². The molecule has 1 unspecified atom stereocenters. The average Bonchev–Trinajstić information content (AvgIpc) is 2.85. The monoisotopic (exact) mass is 296 g/mol. The Morgan fingerprint density at radius 1 is 1.35 bits per heavy atom. The number of aryl methyl sites for hydroxylation is 1. The molecule has 0 saturated carbocycles. The van der Waals surface area contributed by atoms with Crippen molar-refractivity contribution in [2.75, 3.05) is 14.2 Å². The van der Waals surface area contributed by atoms with Crippen molar-refractivity contribution in [3.05, 3.63) is 40.9 Å². The van der Waals surface area contributed by atoms with E-state index < -0.39 is 0 Å². The molecule has 2 aromatic rings. The molecule has 3 N–H and O–H groups in total. The molecule has 7 heteroatoms. The Labute approximate surface area is 122 Å². The number of halogens is 1. The molecule has 1 aromatic heterocycles. The predicted octanol–water partition coefficient (Wildman–Crippen LogP) is 1.64. The number of nitrogens with one attached hydrogen (secondary N) is 1. The molecule has 6 nitrogen and oxygen atoms in total. The van der Waals surface area contributed by atoms with Crippen molar-refractivity contribution in [2.45, 2.75) is 6.04 Å². The fourth-order valence-corrected chi connectivity index (χ4v) is 2.38. The quantitative estimate of drug-likeness (QED) is 0.648. The SMILES string of the molecule is COc1cc(C(NN)c2nccn2C)cc(Cl)c1OC. The van der Waals surface area contributed by atoms with Crippen LogP contribution in [0.5, 0.6) is 11.5 Å². The van der Waals surface area contributed by atoms with Gasteiger partial charge in [-0.25, -0.2) is 10.4 Å². The second-order valence-corrected chi connectivity index (χ2v) is 4.64. The highest BCUT2D eigenvalue weighted by atomic mass is 35.5. The number of rotatable bonds is 5. The summed E-state index contributed by atoms with van der Waals surface area (Å²) in [6.07, 6.45) is 3.56. The predicted molar refractivity (Wildman–Crippen MR) is 76.9 cm³/mol. The van der Waals surface area contributed by atoms with Crippen LogP contribution < -0.4 is 20.7 Å². The number of hydrogen-bond donors (Lipinski definition) is 2. The second-order valence-electron chi connectivity index (χ2n) is 4.23. The third-order valence-electron chi connectivity index (χ3n) is 3.07. The number of imidazole rings is 1. The number of ether oxygens (including phenoxy) is 2.